The Kier molecular flexibility index (Phi) is 3.11. The minimum atomic E-state index is -0.0334. The van der Waals surface area contributed by atoms with Gasteiger partial charge in [-0.1, -0.05) is 6.07 Å². The quantitative estimate of drug-likeness (QED) is 0.841. The van der Waals surface area contributed by atoms with Gasteiger partial charge in [-0.25, -0.2) is 0 Å². The molecule has 0 atom stereocenters. The number of benzene rings is 1. The summed E-state index contributed by atoms with van der Waals surface area (Å²) in [6.45, 7) is 0. The number of hydrogen-bond donors (Lipinski definition) is 1. The van der Waals surface area contributed by atoms with Crippen LogP contribution < -0.4 is 5.32 Å². The van der Waals surface area contributed by atoms with Crippen LogP contribution in [-0.2, 0) is 0 Å². The topological polar surface area (TPSA) is 34.0 Å². The van der Waals surface area contributed by atoms with Crippen molar-refractivity contribution >= 4 is 34.2 Å². The summed E-state index contributed by atoms with van der Waals surface area (Å²) in [6, 6.07) is 12.1. The molecule has 0 saturated heterocycles. The van der Waals surface area contributed by atoms with Crippen molar-refractivity contribution in [2.45, 2.75) is 18.9 Å². The molecule has 1 saturated carbocycles. The monoisotopic (exact) mass is 352 g/mol. The normalized spacial score (nSPS) is 14.5. The molecule has 4 heteroatoms. The molecular weight excluding hydrogens is 339 g/mol. The summed E-state index contributed by atoms with van der Waals surface area (Å²) in [5.74, 6) is -0.0334. The first-order valence-electron chi connectivity index (χ1n) is 5.98. The molecule has 0 unspecified atom stereocenters. The molecule has 3 rings (SSSR count). The molecule has 1 amide bonds. The molecular formula is C14H13IN2O. The van der Waals surface area contributed by atoms with E-state index in [4.69, 9.17) is 0 Å². The number of amides is 1. The largest absolute Gasteiger partial charge is 0.340 e. The predicted molar refractivity (Wildman–Crippen MR) is 79.8 cm³/mol. The zero-order chi connectivity index (χ0) is 12.5. The Hall–Kier alpha value is -1.30. The zero-order valence-electron chi connectivity index (χ0n) is 9.77. The molecule has 1 N–H and O–H groups in total. The fourth-order valence-corrected chi connectivity index (χ4v) is 2.56. The van der Waals surface area contributed by atoms with Crippen LogP contribution in [-0.4, -0.2) is 10.5 Å². The van der Waals surface area contributed by atoms with Crippen LogP contribution >= 0.6 is 22.6 Å². The Morgan fingerprint density at radius 3 is 2.83 bits per heavy atom. The first-order valence-corrected chi connectivity index (χ1v) is 7.06. The number of rotatable bonds is 3. The van der Waals surface area contributed by atoms with Crippen LogP contribution in [0.2, 0.25) is 0 Å². The Morgan fingerprint density at radius 1 is 1.28 bits per heavy atom. The van der Waals surface area contributed by atoms with Crippen LogP contribution in [0.4, 0.5) is 5.69 Å². The highest BCUT2D eigenvalue weighted by molar-refractivity contribution is 14.1. The van der Waals surface area contributed by atoms with E-state index in [1.165, 1.54) is 12.8 Å². The lowest BCUT2D eigenvalue weighted by atomic mass is 10.3. The maximum absolute atomic E-state index is 12.2. The molecule has 1 aromatic heterocycles. The molecule has 92 valence electrons. The van der Waals surface area contributed by atoms with Crippen molar-refractivity contribution in [1.82, 2.24) is 4.57 Å². The van der Waals surface area contributed by atoms with E-state index in [1.807, 2.05) is 42.6 Å². The fraction of sp³-hybridized carbons (Fsp3) is 0.214. The third-order valence-corrected chi connectivity index (χ3v) is 3.71. The van der Waals surface area contributed by atoms with Crippen molar-refractivity contribution < 1.29 is 4.79 Å². The number of carbonyl (C=O) groups is 1. The van der Waals surface area contributed by atoms with Gasteiger partial charge in [0.25, 0.3) is 5.91 Å². The van der Waals surface area contributed by atoms with Gasteiger partial charge < -0.3 is 9.88 Å². The third-order valence-electron chi connectivity index (χ3n) is 3.03. The summed E-state index contributed by atoms with van der Waals surface area (Å²) in [7, 11) is 0. The van der Waals surface area contributed by atoms with E-state index in [0.717, 1.165) is 15.0 Å². The lowest BCUT2D eigenvalue weighted by Crippen LogP contribution is -2.16. The molecule has 1 aromatic carbocycles. The highest BCUT2D eigenvalue weighted by Crippen LogP contribution is 2.36. The van der Waals surface area contributed by atoms with Gasteiger partial charge in [0.1, 0.15) is 5.69 Å². The van der Waals surface area contributed by atoms with Crippen LogP contribution in [0, 0.1) is 3.57 Å². The smallest absolute Gasteiger partial charge is 0.272 e. The Bertz CT molecular complexity index is 587. The van der Waals surface area contributed by atoms with Crippen LogP contribution in [0.25, 0.3) is 0 Å². The summed E-state index contributed by atoms with van der Waals surface area (Å²) in [6.07, 6.45) is 4.34. The molecule has 18 heavy (non-hydrogen) atoms. The zero-order valence-corrected chi connectivity index (χ0v) is 11.9. The van der Waals surface area contributed by atoms with Crippen molar-refractivity contribution in [3.05, 3.63) is 51.9 Å². The van der Waals surface area contributed by atoms with Gasteiger partial charge in [-0.3, -0.25) is 4.79 Å². The van der Waals surface area contributed by atoms with Gasteiger partial charge in [0.05, 0.1) is 0 Å². The lowest BCUT2D eigenvalue weighted by molar-refractivity contribution is 0.101. The van der Waals surface area contributed by atoms with Crippen LogP contribution in [0.5, 0.6) is 0 Å². The highest BCUT2D eigenvalue weighted by atomic mass is 127. The van der Waals surface area contributed by atoms with Gasteiger partial charge in [0.15, 0.2) is 0 Å². The number of anilines is 1. The van der Waals surface area contributed by atoms with Gasteiger partial charge in [0.2, 0.25) is 0 Å². The van der Waals surface area contributed by atoms with E-state index in [-0.39, 0.29) is 5.91 Å². The van der Waals surface area contributed by atoms with Gasteiger partial charge in [-0.15, -0.1) is 0 Å². The van der Waals surface area contributed by atoms with Gasteiger partial charge in [0, 0.05) is 21.5 Å². The fourth-order valence-electron chi connectivity index (χ4n) is 2.02. The van der Waals surface area contributed by atoms with Gasteiger partial charge in [-0.05, 0) is 65.8 Å². The van der Waals surface area contributed by atoms with Crippen molar-refractivity contribution in [1.29, 1.82) is 0 Å². The average Bonchev–Trinajstić information content (AvgIpc) is 3.06. The number of hydrogen-bond acceptors (Lipinski definition) is 1. The molecule has 0 aliphatic heterocycles. The van der Waals surface area contributed by atoms with Crippen LogP contribution in [0.1, 0.15) is 29.4 Å². The Labute approximate surface area is 119 Å². The molecule has 2 aromatic rings. The van der Waals surface area contributed by atoms with E-state index in [1.54, 1.807) is 0 Å². The number of carbonyl (C=O) groups excluding carboxylic acids is 1. The van der Waals surface area contributed by atoms with E-state index < -0.39 is 0 Å². The second-order valence-corrected chi connectivity index (χ2v) is 5.74. The van der Waals surface area contributed by atoms with Crippen molar-refractivity contribution in [2.75, 3.05) is 5.32 Å². The van der Waals surface area contributed by atoms with E-state index in [2.05, 4.69) is 32.5 Å². The Morgan fingerprint density at radius 2 is 2.11 bits per heavy atom. The minimum absolute atomic E-state index is 0.0334. The first-order chi connectivity index (χ1) is 8.74. The second kappa shape index (κ2) is 4.76. The lowest BCUT2D eigenvalue weighted by Gasteiger charge is -2.09. The number of nitrogens with zero attached hydrogens (tertiary/aromatic N) is 1. The van der Waals surface area contributed by atoms with Crippen molar-refractivity contribution in [3.8, 4) is 0 Å². The van der Waals surface area contributed by atoms with Gasteiger partial charge in [-0.2, -0.15) is 0 Å². The summed E-state index contributed by atoms with van der Waals surface area (Å²) in [5.41, 5.74) is 1.59. The van der Waals surface area contributed by atoms with Gasteiger partial charge >= 0.3 is 0 Å². The molecule has 1 fully saturated rings. The minimum Gasteiger partial charge on any atom is -0.340 e. The molecule has 3 nitrogen and oxygen atoms in total. The Balaban J connectivity index is 1.80. The molecule has 0 radical (unpaired) electrons. The van der Waals surface area contributed by atoms with Crippen LogP contribution in [0.3, 0.4) is 0 Å². The number of aromatic nitrogens is 1. The van der Waals surface area contributed by atoms with Crippen LogP contribution in [0.15, 0.2) is 42.6 Å². The van der Waals surface area contributed by atoms with E-state index >= 15 is 0 Å². The SMILES string of the molecule is O=C(Nc1cccc(I)c1)c1cccn1C1CC1. The molecule has 0 spiro atoms. The summed E-state index contributed by atoms with van der Waals surface area (Å²) < 4.78 is 3.19. The number of nitrogens with one attached hydrogen (secondary N) is 1. The third kappa shape index (κ3) is 2.43. The summed E-state index contributed by atoms with van der Waals surface area (Å²) in [4.78, 5) is 12.2. The molecule has 0 bridgehead atoms. The van der Waals surface area contributed by atoms with Crippen molar-refractivity contribution in [3.63, 3.8) is 0 Å². The van der Waals surface area contributed by atoms with E-state index in [0.29, 0.717) is 6.04 Å². The summed E-state index contributed by atoms with van der Waals surface area (Å²) >= 11 is 2.24. The maximum atomic E-state index is 12.2. The molecule has 1 heterocycles. The van der Waals surface area contributed by atoms with E-state index in [9.17, 15) is 4.79 Å². The second-order valence-electron chi connectivity index (χ2n) is 4.50. The molecule has 1 aliphatic carbocycles. The number of halogens is 1. The highest BCUT2D eigenvalue weighted by Gasteiger charge is 2.26. The predicted octanol–water partition coefficient (Wildman–Crippen LogP) is 3.68. The van der Waals surface area contributed by atoms with Crippen molar-refractivity contribution in [2.24, 2.45) is 0 Å². The first kappa shape index (κ1) is 11.8. The average molecular weight is 352 g/mol. The summed E-state index contributed by atoms with van der Waals surface area (Å²) in [5, 5.41) is 2.94. The molecule has 1 aliphatic rings. The standard InChI is InChI=1S/C14H13IN2O/c15-10-3-1-4-11(9-10)16-14(18)13-5-2-8-17(13)12-6-7-12/h1-5,8-9,12H,6-7H2,(H,16,18). The maximum Gasteiger partial charge on any atom is 0.272 e.